The largest absolute Gasteiger partial charge is 0.444 e. The van der Waals surface area contributed by atoms with Crippen LogP contribution in [0.3, 0.4) is 0 Å². The Hall–Kier alpha value is -1.14. The number of carbonyl (C=O) groups is 2. The first-order valence-electron chi connectivity index (χ1n) is 7.21. The zero-order valence-corrected chi connectivity index (χ0v) is 14.1. The van der Waals surface area contributed by atoms with Gasteiger partial charge in [0, 0.05) is 0 Å². The molecule has 1 amide bonds. The highest BCUT2D eigenvalue weighted by atomic mass is 16.6. The van der Waals surface area contributed by atoms with E-state index in [2.05, 4.69) is 5.32 Å². The number of aliphatic hydroxyl groups is 2. The van der Waals surface area contributed by atoms with Crippen molar-refractivity contribution in [3.05, 3.63) is 0 Å². The van der Waals surface area contributed by atoms with Crippen LogP contribution >= 0.6 is 0 Å². The van der Waals surface area contributed by atoms with E-state index in [9.17, 15) is 19.8 Å². The second-order valence-electron chi connectivity index (χ2n) is 7.02. The summed E-state index contributed by atoms with van der Waals surface area (Å²) in [5.41, 5.74) is -2.60. The van der Waals surface area contributed by atoms with Crippen molar-refractivity contribution in [3.8, 4) is 0 Å². The van der Waals surface area contributed by atoms with Crippen molar-refractivity contribution in [3.63, 3.8) is 0 Å². The molecule has 0 radical (unpaired) electrons. The molecule has 0 spiro atoms. The molecule has 6 heteroatoms. The number of aliphatic hydroxyl groups excluding tert-OH is 1. The third-order valence-corrected chi connectivity index (χ3v) is 3.03. The molecule has 0 aromatic carbocycles. The summed E-state index contributed by atoms with van der Waals surface area (Å²) in [6.45, 7) is 11.5. The molecule has 0 aromatic heterocycles. The summed E-state index contributed by atoms with van der Waals surface area (Å²) in [5, 5.41) is 22.1. The second kappa shape index (κ2) is 7.22. The van der Waals surface area contributed by atoms with E-state index >= 15 is 0 Å². The van der Waals surface area contributed by atoms with Crippen LogP contribution in [-0.2, 0) is 9.53 Å². The summed E-state index contributed by atoms with van der Waals surface area (Å²) in [7, 11) is 0. The van der Waals surface area contributed by atoms with Gasteiger partial charge in [0.1, 0.15) is 11.2 Å². The van der Waals surface area contributed by atoms with Crippen molar-refractivity contribution in [2.45, 2.75) is 78.2 Å². The highest BCUT2D eigenvalue weighted by molar-refractivity contribution is 5.94. The van der Waals surface area contributed by atoms with Crippen LogP contribution in [0.5, 0.6) is 0 Å². The fourth-order valence-electron chi connectivity index (χ4n) is 1.71. The van der Waals surface area contributed by atoms with Crippen molar-refractivity contribution in [2.75, 3.05) is 0 Å². The summed E-state index contributed by atoms with van der Waals surface area (Å²) in [6.07, 6.45) is -1.61. The van der Waals surface area contributed by atoms with E-state index in [-0.39, 0.29) is 5.92 Å². The lowest BCUT2D eigenvalue weighted by Crippen LogP contribution is -2.56. The Balaban J connectivity index is 5.05. The van der Waals surface area contributed by atoms with Gasteiger partial charge in [0.05, 0.1) is 12.1 Å². The molecule has 0 fully saturated rings. The molecule has 0 aliphatic rings. The van der Waals surface area contributed by atoms with Crippen LogP contribution in [0, 0.1) is 5.92 Å². The first-order chi connectivity index (χ1) is 9.27. The maximum absolute atomic E-state index is 12.4. The molecule has 124 valence electrons. The number of ketones is 1. The van der Waals surface area contributed by atoms with Gasteiger partial charge in [-0.2, -0.15) is 0 Å². The predicted molar refractivity (Wildman–Crippen MR) is 79.9 cm³/mol. The Morgan fingerprint density at radius 2 is 1.62 bits per heavy atom. The van der Waals surface area contributed by atoms with Crippen LogP contribution < -0.4 is 5.32 Å². The minimum absolute atomic E-state index is 0.124. The van der Waals surface area contributed by atoms with Gasteiger partial charge < -0.3 is 20.3 Å². The molecule has 0 unspecified atom stereocenters. The third kappa shape index (κ3) is 6.91. The van der Waals surface area contributed by atoms with E-state index in [1.165, 1.54) is 13.8 Å². The Bertz CT molecular complexity index is 369. The Kier molecular flexibility index (Phi) is 6.83. The highest BCUT2D eigenvalue weighted by Gasteiger charge is 2.41. The third-order valence-electron chi connectivity index (χ3n) is 3.03. The Morgan fingerprint density at radius 3 is 1.95 bits per heavy atom. The lowest BCUT2D eigenvalue weighted by Gasteiger charge is -2.31. The van der Waals surface area contributed by atoms with E-state index in [1.807, 2.05) is 13.8 Å². The standard InChI is InChI=1S/C15H29NO5/c1-9(2)8-11(12(18)15(7,20)10(3)17)16-13(19)21-14(4,5)6/h9-11,17,20H,8H2,1-7H3,(H,16,19)/t10-,11+,15-/m1/s1. The van der Waals surface area contributed by atoms with Crippen LogP contribution in [0.25, 0.3) is 0 Å². The summed E-state index contributed by atoms with van der Waals surface area (Å²) < 4.78 is 5.13. The molecule has 0 rings (SSSR count). The topological polar surface area (TPSA) is 95.9 Å². The number of ether oxygens (including phenoxy) is 1. The summed E-state index contributed by atoms with van der Waals surface area (Å²) in [6, 6.07) is -0.913. The van der Waals surface area contributed by atoms with Crippen LogP contribution in [0.15, 0.2) is 0 Å². The number of alkyl carbamates (subject to hydrolysis) is 1. The van der Waals surface area contributed by atoms with Gasteiger partial charge in [-0.3, -0.25) is 4.79 Å². The fourth-order valence-corrected chi connectivity index (χ4v) is 1.71. The van der Waals surface area contributed by atoms with Gasteiger partial charge in [-0.1, -0.05) is 13.8 Å². The van der Waals surface area contributed by atoms with Crippen LogP contribution in [-0.4, -0.2) is 45.4 Å². The molecule has 0 aliphatic carbocycles. The number of hydrogen-bond donors (Lipinski definition) is 3. The Labute approximate surface area is 126 Å². The molecule has 0 saturated carbocycles. The maximum Gasteiger partial charge on any atom is 0.408 e. The zero-order valence-electron chi connectivity index (χ0n) is 14.1. The normalized spacial score (nSPS) is 17.8. The SMILES string of the molecule is CC(C)C[C@H](NC(=O)OC(C)(C)C)C(=O)[C@](C)(O)[C@@H](C)O. The van der Waals surface area contributed by atoms with Crippen molar-refractivity contribution in [1.29, 1.82) is 0 Å². The van der Waals surface area contributed by atoms with Crippen molar-refractivity contribution >= 4 is 11.9 Å². The molecule has 6 nitrogen and oxygen atoms in total. The van der Waals surface area contributed by atoms with Gasteiger partial charge in [-0.25, -0.2) is 4.79 Å². The lowest BCUT2D eigenvalue weighted by atomic mass is 9.87. The summed E-state index contributed by atoms with van der Waals surface area (Å²) in [5.74, 6) is -0.504. The molecule has 0 saturated heterocycles. The average molecular weight is 303 g/mol. The average Bonchev–Trinajstić information content (AvgIpc) is 2.23. The van der Waals surface area contributed by atoms with E-state index < -0.39 is 35.2 Å². The number of nitrogens with one attached hydrogen (secondary N) is 1. The first kappa shape index (κ1) is 19.9. The summed E-state index contributed by atoms with van der Waals surface area (Å²) in [4.78, 5) is 24.2. The van der Waals surface area contributed by atoms with Gasteiger partial charge in [0.25, 0.3) is 0 Å². The van der Waals surface area contributed by atoms with Crippen molar-refractivity contribution < 1.29 is 24.5 Å². The first-order valence-corrected chi connectivity index (χ1v) is 7.21. The number of rotatable bonds is 6. The van der Waals surface area contributed by atoms with E-state index in [0.29, 0.717) is 6.42 Å². The van der Waals surface area contributed by atoms with Crippen LogP contribution in [0.1, 0.15) is 54.9 Å². The number of hydrogen-bond acceptors (Lipinski definition) is 5. The smallest absolute Gasteiger partial charge is 0.408 e. The molecule has 0 aliphatic heterocycles. The van der Waals surface area contributed by atoms with Crippen molar-refractivity contribution in [2.24, 2.45) is 5.92 Å². The molecular weight excluding hydrogens is 274 g/mol. The van der Waals surface area contributed by atoms with Gasteiger partial charge in [-0.05, 0) is 47.0 Å². The monoisotopic (exact) mass is 303 g/mol. The molecule has 0 bridgehead atoms. The van der Waals surface area contributed by atoms with Gasteiger partial charge in [0.15, 0.2) is 5.78 Å². The number of carbonyl (C=O) groups excluding carboxylic acids is 2. The number of amides is 1. The maximum atomic E-state index is 12.4. The summed E-state index contributed by atoms with van der Waals surface area (Å²) >= 11 is 0. The quantitative estimate of drug-likeness (QED) is 0.693. The van der Waals surface area contributed by atoms with Crippen LogP contribution in [0.4, 0.5) is 4.79 Å². The molecule has 0 aromatic rings. The number of Topliss-reactive ketones (excluding diaryl/α,β-unsaturated/α-hetero) is 1. The second-order valence-corrected chi connectivity index (χ2v) is 7.02. The molecular formula is C15H29NO5. The van der Waals surface area contributed by atoms with Gasteiger partial charge >= 0.3 is 6.09 Å². The van der Waals surface area contributed by atoms with E-state index in [4.69, 9.17) is 4.74 Å². The highest BCUT2D eigenvalue weighted by Crippen LogP contribution is 2.18. The Morgan fingerprint density at radius 1 is 1.14 bits per heavy atom. The van der Waals surface area contributed by atoms with E-state index in [0.717, 1.165) is 0 Å². The minimum Gasteiger partial charge on any atom is -0.444 e. The van der Waals surface area contributed by atoms with Crippen molar-refractivity contribution in [1.82, 2.24) is 5.32 Å². The molecule has 3 N–H and O–H groups in total. The van der Waals surface area contributed by atoms with Gasteiger partial charge in [0.2, 0.25) is 0 Å². The minimum atomic E-state index is -1.92. The van der Waals surface area contributed by atoms with Gasteiger partial charge in [-0.15, -0.1) is 0 Å². The fraction of sp³-hybridized carbons (Fsp3) is 0.867. The molecule has 3 atom stereocenters. The van der Waals surface area contributed by atoms with Crippen LogP contribution in [0.2, 0.25) is 0 Å². The molecule has 0 heterocycles. The predicted octanol–water partition coefficient (Wildman–Crippen LogP) is 1.63. The zero-order chi connectivity index (χ0) is 17.0. The van der Waals surface area contributed by atoms with E-state index in [1.54, 1.807) is 20.8 Å². The molecule has 21 heavy (non-hydrogen) atoms. The lowest BCUT2D eigenvalue weighted by molar-refractivity contribution is -0.148.